The summed E-state index contributed by atoms with van der Waals surface area (Å²) in [6.07, 6.45) is 2.41. The lowest BCUT2D eigenvalue weighted by atomic mass is 10.1. The minimum atomic E-state index is -3.04. The Kier molecular flexibility index (Phi) is 8.14. The van der Waals surface area contributed by atoms with Crippen LogP contribution in [0.4, 0.5) is 14.5 Å². The number of anilines is 1. The van der Waals surface area contributed by atoms with Gasteiger partial charge >= 0.3 is 6.61 Å². The summed E-state index contributed by atoms with van der Waals surface area (Å²) in [6, 6.07) is 9.91. The van der Waals surface area contributed by atoms with Crippen molar-refractivity contribution in [2.24, 2.45) is 0 Å². The molecule has 0 heterocycles. The molecule has 2 aromatic rings. The van der Waals surface area contributed by atoms with Crippen LogP contribution in [-0.2, 0) is 9.59 Å². The average molecular weight is 469 g/mol. The Hall–Kier alpha value is -2.94. The number of ether oxygens (including phenoxy) is 2. The molecule has 0 unspecified atom stereocenters. The number of carbonyl (C=O) groups is 2. The summed E-state index contributed by atoms with van der Waals surface area (Å²) in [7, 11) is 1.32. The van der Waals surface area contributed by atoms with Crippen LogP contribution in [0.3, 0.4) is 0 Å². The van der Waals surface area contributed by atoms with Crippen molar-refractivity contribution in [1.29, 1.82) is 0 Å². The van der Waals surface area contributed by atoms with E-state index < -0.39 is 18.4 Å². The lowest BCUT2D eigenvalue weighted by Crippen LogP contribution is -2.31. The second-order valence-corrected chi connectivity index (χ2v) is 6.73. The first-order chi connectivity index (χ1) is 13.8. The summed E-state index contributed by atoms with van der Waals surface area (Å²) in [5, 5.41) is 5.12. The van der Waals surface area contributed by atoms with Gasteiger partial charge in [-0.1, -0.05) is 28.1 Å². The Morgan fingerprint density at radius 2 is 2.00 bits per heavy atom. The molecule has 0 radical (unpaired) electrons. The number of aryl methyl sites for hydroxylation is 1. The monoisotopic (exact) mass is 468 g/mol. The molecule has 6 nitrogen and oxygen atoms in total. The number of alkyl halides is 2. The van der Waals surface area contributed by atoms with Crippen LogP contribution >= 0.6 is 15.9 Å². The lowest BCUT2D eigenvalue weighted by molar-refractivity contribution is -0.121. The Balaban J connectivity index is 1.97. The van der Waals surface area contributed by atoms with E-state index in [9.17, 15) is 18.4 Å². The molecule has 2 aromatic carbocycles. The predicted octanol–water partition coefficient (Wildman–Crippen LogP) is 4.14. The molecule has 0 aromatic heterocycles. The SMILES string of the molecule is COc1cccc(/C=C/C(=O)NCC(=O)Nc2ccc(Br)cc2C)c1OC(F)F. The Labute approximate surface area is 175 Å². The maximum absolute atomic E-state index is 12.6. The molecule has 0 aliphatic rings. The third-order valence-electron chi connectivity index (χ3n) is 3.74. The van der Waals surface area contributed by atoms with Crippen molar-refractivity contribution in [3.8, 4) is 11.5 Å². The van der Waals surface area contributed by atoms with Gasteiger partial charge in [-0.25, -0.2) is 0 Å². The summed E-state index contributed by atoms with van der Waals surface area (Å²) in [5.74, 6) is -1.05. The second kappa shape index (κ2) is 10.6. The molecule has 0 aliphatic heterocycles. The molecule has 9 heteroatoms. The molecule has 29 heavy (non-hydrogen) atoms. The number of benzene rings is 2. The number of nitrogens with one attached hydrogen (secondary N) is 2. The van der Waals surface area contributed by atoms with Gasteiger partial charge in [0.2, 0.25) is 11.8 Å². The Bertz CT molecular complexity index is 919. The number of halogens is 3. The standard InChI is InChI=1S/C20H19BrF2N2O4/c1-12-10-14(21)7-8-15(12)25-18(27)11-24-17(26)9-6-13-4-3-5-16(28-2)19(13)29-20(22)23/h3-10,20H,11H2,1-2H3,(H,24,26)(H,25,27)/b9-6+. The minimum Gasteiger partial charge on any atom is -0.493 e. The van der Waals surface area contributed by atoms with E-state index in [-0.39, 0.29) is 23.6 Å². The van der Waals surface area contributed by atoms with Crippen LogP contribution < -0.4 is 20.1 Å². The Morgan fingerprint density at radius 1 is 1.24 bits per heavy atom. The smallest absolute Gasteiger partial charge is 0.387 e. The Morgan fingerprint density at radius 3 is 2.66 bits per heavy atom. The van der Waals surface area contributed by atoms with Crippen LogP contribution in [0.2, 0.25) is 0 Å². The van der Waals surface area contributed by atoms with Crippen LogP contribution in [0.5, 0.6) is 11.5 Å². The highest BCUT2D eigenvalue weighted by molar-refractivity contribution is 9.10. The van der Waals surface area contributed by atoms with E-state index in [0.29, 0.717) is 5.69 Å². The van der Waals surface area contributed by atoms with Gasteiger partial charge in [-0.2, -0.15) is 8.78 Å². The van der Waals surface area contributed by atoms with Crippen molar-refractivity contribution in [2.75, 3.05) is 19.0 Å². The van der Waals surface area contributed by atoms with Gasteiger partial charge in [0.25, 0.3) is 0 Å². The largest absolute Gasteiger partial charge is 0.493 e. The van der Waals surface area contributed by atoms with Crippen molar-refractivity contribution < 1.29 is 27.8 Å². The van der Waals surface area contributed by atoms with Gasteiger partial charge in [-0.15, -0.1) is 0 Å². The highest BCUT2D eigenvalue weighted by atomic mass is 79.9. The van der Waals surface area contributed by atoms with E-state index >= 15 is 0 Å². The molecule has 0 saturated heterocycles. The van der Waals surface area contributed by atoms with Crippen molar-refractivity contribution in [3.05, 3.63) is 58.1 Å². The molecule has 0 saturated carbocycles. The van der Waals surface area contributed by atoms with Crippen molar-refractivity contribution in [1.82, 2.24) is 5.32 Å². The third kappa shape index (κ3) is 6.86. The maximum atomic E-state index is 12.6. The zero-order chi connectivity index (χ0) is 21.4. The molecule has 2 rings (SSSR count). The van der Waals surface area contributed by atoms with E-state index in [0.717, 1.165) is 16.1 Å². The van der Waals surface area contributed by atoms with E-state index in [4.69, 9.17) is 4.74 Å². The van der Waals surface area contributed by atoms with Crippen molar-refractivity contribution >= 4 is 39.5 Å². The van der Waals surface area contributed by atoms with E-state index in [1.165, 1.54) is 25.3 Å². The second-order valence-electron chi connectivity index (χ2n) is 5.82. The van der Waals surface area contributed by atoms with Crippen molar-refractivity contribution in [2.45, 2.75) is 13.5 Å². The third-order valence-corrected chi connectivity index (χ3v) is 4.23. The molecule has 2 N–H and O–H groups in total. The molecule has 0 atom stereocenters. The van der Waals surface area contributed by atoms with Gasteiger partial charge in [-0.05, 0) is 42.8 Å². The lowest BCUT2D eigenvalue weighted by Gasteiger charge is -2.12. The number of hydrogen-bond donors (Lipinski definition) is 2. The summed E-state index contributed by atoms with van der Waals surface area (Å²) < 4.78 is 35.6. The first-order valence-electron chi connectivity index (χ1n) is 8.44. The fraction of sp³-hybridized carbons (Fsp3) is 0.200. The molecular weight excluding hydrogens is 450 g/mol. The van der Waals surface area contributed by atoms with Crippen LogP contribution in [-0.4, -0.2) is 32.1 Å². The summed E-state index contributed by atoms with van der Waals surface area (Å²) in [6.45, 7) is -1.45. The first-order valence-corrected chi connectivity index (χ1v) is 9.23. The first kappa shape index (κ1) is 22.4. The zero-order valence-electron chi connectivity index (χ0n) is 15.7. The molecule has 0 spiro atoms. The number of amides is 2. The van der Waals surface area contributed by atoms with Gasteiger partial charge in [-0.3, -0.25) is 9.59 Å². The fourth-order valence-corrected chi connectivity index (χ4v) is 2.87. The summed E-state index contributed by atoms with van der Waals surface area (Å²) in [5.41, 5.74) is 1.73. The maximum Gasteiger partial charge on any atom is 0.387 e. The molecule has 0 fully saturated rings. The van der Waals surface area contributed by atoms with Crippen LogP contribution in [0, 0.1) is 6.92 Å². The van der Waals surface area contributed by atoms with Crippen LogP contribution in [0.15, 0.2) is 46.9 Å². The highest BCUT2D eigenvalue weighted by Gasteiger charge is 2.14. The average Bonchev–Trinajstić information content (AvgIpc) is 2.67. The number of carbonyl (C=O) groups excluding carboxylic acids is 2. The van der Waals surface area contributed by atoms with Crippen LogP contribution in [0.25, 0.3) is 6.08 Å². The minimum absolute atomic E-state index is 0.108. The molecular formula is C20H19BrF2N2O4. The van der Waals surface area contributed by atoms with E-state index in [1.807, 2.05) is 13.0 Å². The topological polar surface area (TPSA) is 76.7 Å². The summed E-state index contributed by atoms with van der Waals surface area (Å²) >= 11 is 3.34. The van der Waals surface area contributed by atoms with E-state index in [1.54, 1.807) is 18.2 Å². The van der Waals surface area contributed by atoms with Gasteiger partial charge in [0.1, 0.15) is 0 Å². The predicted molar refractivity (Wildman–Crippen MR) is 109 cm³/mol. The number of methoxy groups -OCH3 is 1. The van der Waals surface area contributed by atoms with Gasteiger partial charge in [0.15, 0.2) is 11.5 Å². The highest BCUT2D eigenvalue weighted by Crippen LogP contribution is 2.33. The molecule has 0 aliphatic carbocycles. The number of para-hydroxylation sites is 1. The zero-order valence-corrected chi connectivity index (χ0v) is 17.3. The molecule has 2 amide bonds. The molecule has 0 bridgehead atoms. The normalized spacial score (nSPS) is 10.8. The molecule has 154 valence electrons. The number of hydrogen-bond acceptors (Lipinski definition) is 4. The van der Waals surface area contributed by atoms with E-state index in [2.05, 4.69) is 31.3 Å². The van der Waals surface area contributed by atoms with Crippen LogP contribution in [0.1, 0.15) is 11.1 Å². The fourth-order valence-electron chi connectivity index (χ4n) is 2.39. The van der Waals surface area contributed by atoms with Gasteiger partial charge in [0.05, 0.1) is 13.7 Å². The summed E-state index contributed by atoms with van der Waals surface area (Å²) in [4.78, 5) is 24.0. The van der Waals surface area contributed by atoms with Gasteiger partial charge in [0, 0.05) is 21.8 Å². The van der Waals surface area contributed by atoms with Crippen molar-refractivity contribution in [3.63, 3.8) is 0 Å². The number of rotatable bonds is 8. The van der Waals surface area contributed by atoms with Gasteiger partial charge < -0.3 is 20.1 Å². The quantitative estimate of drug-likeness (QED) is 0.570.